The predicted octanol–water partition coefficient (Wildman–Crippen LogP) is 6.59. The lowest BCUT2D eigenvalue weighted by molar-refractivity contribution is -0.384. The summed E-state index contributed by atoms with van der Waals surface area (Å²) in [4.78, 5) is 69.4. The van der Waals surface area contributed by atoms with Gasteiger partial charge in [-0.15, -0.1) is 11.8 Å². The molecule has 4 aromatic carbocycles. The Balaban J connectivity index is 0.995. The van der Waals surface area contributed by atoms with Gasteiger partial charge in [0.2, 0.25) is 11.8 Å². The maximum Gasteiger partial charge on any atom is 0.305 e. The van der Waals surface area contributed by atoms with Gasteiger partial charge >= 0.3 is 4.87 Å². The lowest BCUT2D eigenvalue weighted by Gasteiger charge is -2.43. The van der Waals surface area contributed by atoms with Gasteiger partial charge in [-0.1, -0.05) is 47.7 Å². The summed E-state index contributed by atoms with van der Waals surface area (Å²) in [5, 5.41) is 17.0. The number of thiazole rings is 1. The van der Waals surface area contributed by atoms with E-state index in [9.17, 15) is 29.3 Å². The Morgan fingerprint density at radius 1 is 0.925 bits per heavy atom. The number of carbonyl (C=O) groups is 3. The van der Waals surface area contributed by atoms with Gasteiger partial charge in [0.05, 0.1) is 34.1 Å². The molecule has 53 heavy (non-hydrogen) atoms. The number of nitro groups is 1. The summed E-state index contributed by atoms with van der Waals surface area (Å²) in [6.07, 6.45) is 0.713. The summed E-state index contributed by atoms with van der Waals surface area (Å²) in [5.41, 5.74) is 1.76. The Hall–Kier alpha value is -5.47. The van der Waals surface area contributed by atoms with Crippen LogP contribution in [0.1, 0.15) is 29.7 Å². The Bertz CT molecular complexity index is 2390. The number of H-pyrrole nitrogens is 1. The van der Waals surface area contributed by atoms with Gasteiger partial charge < -0.3 is 19.8 Å². The van der Waals surface area contributed by atoms with E-state index in [1.54, 1.807) is 17.8 Å². The van der Waals surface area contributed by atoms with Crippen LogP contribution in [-0.4, -0.2) is 46.1 Å². The maximum atomic E-state index is 14.1. The number of rotatable bonds is 9. The zero-order valence-electron chi connectivity index (χ0n) is 28.2. The molecule has 268 valence electrons. The van der Waals surface area contributed by atoms with Crippen LogP contribution in [0.3, 0.4) is 0 Å². The predicted molar refractivity (Wildman–Crippen MR) is 200 cm³/mol. The third-order valence-corrected chi connectivity index (χ3v) is 13.6. The molecule has 1 saturated heterocycles. The first-order chi connectivity index (χ1) is 25.7. The van der Waals surface area contributed by atoms with E-state index in [0.29, 0.717) is 35.9 Å². The Kier molecular flexibility index (Phi) is 8.11. The van der Waals surface area contributed by atoms with Crippen molar-refractivity contribution < 1.29 is 28.8 Å². The number of ether oxygens (including phenoxy) is 2. The van der Waals surface area contributed by atoms with Crippen LogP contribution in [0, 0.1) is 39.7 Å². The van der Waals surface area contributed by atoms with Crippen LogP contribution in [0.5, 0.6) is 11.5 Å². The fourth-order valence-corrected chi connectivity index (χ4v) is 12.0. The minimum atomic E-state index is -0.528. The van der Waals surface area contributed by atoms with Crippen molar-refractivity contribution in [2.75, 3.05) is 23.4 Å². The largest absolute Gasteiger partial charge is 0.490 e. The van der Waals surface area contributed by atoms with Crippen LogP contribution in [-0.2, 0) is 14.4 Å². The fourth-order valence-electron chi connectivity index (χ4n) is 9.08. The van der Waals surface area contributed by atoms with Gasteiger partial charge in [0.25, 0.3) is 11.6 Å². The second kappa shape index (κ2) is 12.9. The standard InChI is InChI=1S/C39H32N4O8S2/c1-2-50-28-16-21(8-14-27(28)51-18-29(44)40-22-9-7-19-5-3-4-6-20(19)15-22)30-31-25-17-26(34(31)52-36-35(30)53-39(47)41-36)33-32(25)37(45)42(38(33)46)23-10-12-24(13-11-23)43(48)49/h3-16,25-26,30-34H,2,17-18H2,1H3,(H,40,44)(H,41,47)/t25-,26-,30-,31?,32?,33?,34?/m1/s1. The highest BCUT2D eigenvalue weighted by molar-refractivity contribution is 8.00. The molecule has 2 aliphatic carbocycles. The highest BCUT2D eigenvalue weighted by Crippen LogP contribution is 2.69. The molecule has 4 unspecified atom stereocenters. The molecule has 0 spiro atoms. The molecule has 0 radical (unpaired) electrons. The van der Waals surface area contributed by atoms with E-state index in [2.05, 4.69) is 10.3 Å². The number of aromatic nitrogens is 1. The summed E-state index contributed by atoms with van der Waals surface area (Å²) in [7, 11) is 0. The molecule has 14 heteroatoms. The Morgan fingerprint density at radius 2 is 1.68 bits per heavy atom. The molecular weight excluding hydrogens is 717 g/mol. The molecule has 2 bridgehead atoms. The van der Waals surface area contributed by atoms with Gasteiger partial charge in [0.15, 0.2) is 18.1 Å². The smallest absolute Gasteiger partial charge is 0.305 e. The number of non-ortho nitro benzene ring substituents is 1. The molecule has 3 fully saturated rings. The van der Waals surface area contributed by atoms with Crippen LogP contribution in [0.2, 0.25) is 0 Å². The molecule has 3 heterocycles. The zero-order valence-corrected chi connectivity index (χ0v) is 29.9. The summed E-state index contributed by atoms with van der Waals surface area (Å²) < 4.78 is 12.0. The fraction of sp³-hybridized carbons (Fsp3) is 0.282. The first kappa shape index (κ1) is 33.4. The number of carbonyl (C=O) groups excluding carboxylic acids is 3. The van der Waals surface area contributed by atoms with Gasteiger partial charge in [-0.3, -0.25) is 34.2 Å². The van der Waals surface area contributed by atoms with Crippen molar-refractivity contribution in [3.8, 4) is 11.5 Å². The van der Waals surface area contributed by atoms with Gasteiger partial charge in [0.1, 0.15) is 0 Å². The van der Waals surface area contributed by atoms with Gasteiger partial charge in [0, 0.05) is 33.9 Å². The van der Waals surface area contributed by atoms with Crippen molar-refractivity contribution in [1.82, 2.24) is 4.98 Å². The number of amides is 3. The minimum Gasteiger partial charge on any atom is -0.490 e. The number of anilines is 2. The number of benzene rings is 4. The molecule has 3 amide bonds. The first-order valence-electron chi connectivity index (χ1n) is 17.4. The number of nitrogens with one attached hydrogen (secondary N) is 2. The van der Waals surface area contributed by atoms with Crippen molar-refractivity contribution in [2.45, 2.75) is 29.5 Å². The van der Waals surface area contributed by atoms with Crippen LogP contribution in [0.15, 0.2) is 94.7 Å². The van der Waals surface area contributed by atoms with Crippen LogP contribution in [0.25, 0.3) is 10.8 Å². The lowest BCUT2D eigenvalue weighted by Crippen LogP contribution is -2.42. The highest BCUT2D eigenvalue weighted by Gasteiger charge is 2.69. The summed E-state index contributed by atoms with van der Waals surface area (Å²) in [5.74, 6) is -1.56. The van der Waals surface area contributed by atoms with Crippen molar-refractivity contribution in [2.24, 2.45) is 29.6 Å². The highest BCUT2D eigenvalue weighted by atomic mass is 32.2. The van der Waals surface area contributed by atoms with Crippen molar-refractivity contribution in [3.05, 3.63) is 115 Å². The Morgan fingerprint density at radius 3 is 2.43 bits per heavy atom. The van der Waals surface area contributed by atoms with E-state index >= 15 is 0 Å². The van der Waals surface area contributed by atoms with Crippen LogP contribution >= 0.6 is 23.1 Å². The molecule has 4 aliphatic rings. The van der Waals surface area contributed by atoms with Gasteiger partial charge in [-0.05, 0) is 83.8 Å². The van der Waals surface area contributed by atoms with Crippen molar-refractivity contribution in [1.29, 1.82) is 0 Å². The van der Waals surface area contributed by atoms with Crippen molar-refractivity contribution in [3.63, 3.8) is 0 Å². The number of nitro benzene ring substituents is 1. The third-order valence-electron chi connectivity index (χ3n) is 11.1. The van der Waals surface area contributed by atoms with E-state index < -0.39 is 16.8 Å². The number of nitrogens with zero attached hydrogens (tertiary/aromatic N) is 2. The second-order valence-corrected chi connectivity index (χ2v) is 16.0. The zero-order chi connectivity index (χ0) is 36.5. The normalized spacial score (nSPS) is 25.2. The number of imide groups is 1. The third kappa shape index (κ3) is 5.50. The van der Waals surface area contributed by atoms with E-state index in [-0.39, 0.29) is 63.8 Å². The summed E-state index contributed by atoms with van der Waals surface area (Å²) in [6, 6.07) is 24.7. The Labute approximate surface area is 310 Å². The summed E-state index contributed by atoms with van der Waals surface area (Å²) >= 11 is 2.75. The number of fused-ring (bicyclic) bond motifs is 10. The first-order valence-corrected chi connectivity index (χ1v) is 19.1. The molecule has 5 aromatic rings. The molecule has 2 N–H and O–H groups in total. The van der Waals surface area contributed by atoms with Crippen molar-refractivity contribution >= 4 is 68.7 Å². The molecule has 2 saturated carbocycles. The second-order valence-electron chi connectivity index (χ2n) is 13.8. The molecule has 9 rings (SSSR count). The number of hydrogen-bond donors (Lipinski definition) is 2. The van der Waals surface area contributed by atoms with E-state index in [1.165, 1.54) is 29.2 Å². The number of aromatic amines is 1. The molecule has 12 nitrogen and oxygen atoms in total. The number of hydrogen-bond acceptors (Lipinski definition) is 10. The molecule has 7 atom stereocenters. The van der Waals surface area contributed by atoms with Gasteiger partial charge in [-0.25, -0.2) is 0 Å². The topological polar surface area (TPSA) is 161 Å². The van der Waals surface area contributed by atoms with Gasteiger partial charge in [-0.2, -0.15) is 0 Å². The maximum absolute atomic E-state index is 14.1. The molecule has 2 aliphatic heterocycles. The van der Waals surface area contributed by atoms with E-state index in [0.717, 1.165) is 37.6 Å². The quantitative estimate of drug-likeness (QED) is 0.0963. The lowest BCUT2D eigenvalue weighted by atomic mass is 9.68. The van der Waals surface area contributed by atoms with E-state index in [1.807, 2.05) is 61.5 Å². The van der Waals surface area contributed by atoms with E-state index in [4.69, 9.17) is 9.47 Å². The SMILES string of the molecule is CCOc1cc([C@H]2c3sc(=O)[nH]c3SC3C2[C@H]2C[C@@H]3C3C(=O)N(c4ccc([N+](=O)[O-])cc4)C(=O)C32)ccc1OCC(=O)Nc1ccc2ccccc2c1. The monoisotopic (exact) mass is 748 g/mol. The molecular formula is C39H32N4O8S2. The summed E-state index contributed by atoms with van der Waals surface area (Å²) in [6.45, 7) is 1.97. The van der Waals surface area contributed by atoms with Crippen LogP contribution in [0.4, 0.5) is 17.1 Å². The molecule has 1 aromatic heterocycles. The number of thioether (sulfide) groups is 1. The average Bonchev–Trinajstić information content (AvgIpc) is 3.90. The van der Waals surface area contributed by atoms with Crippen LogP contribution < -0.4 is 24.6 Å². The average molecular weight is 749 g/mol. The minimum absolute atomic E-state index is 0.0252.